The summed E-state index contributed by atoms with van der Waals surface area (Å²) < 4.78 is 4.95. The molecule has 1 aliphatic rings. The molecule has 0 bridgehead atoms. The minimum absolute atomic E-state index is 0.104. The molecule has 4 amide bonds. The standard InChI is InChI=1S/C22H21N3O6/c1-13(23-20(28)14-6-4-3-5-7-14)10-19(27)31-12-18(26)24-15-8-9-16-17(11-15)22(30)25(2)21(16)29/h3-9,11,13H,10,12H2,1-2H3,(H,23,28)(H,24,26). The van der Waals surface area contributed by atoms with Gasteiger partial charge in [-0.3, -0.25) is 28.9 Å². The molecule has 0 saturated heterocycles. The summed E-state index contributed by atoms with van der Waals surface area (Å²) >= 11 is 0. The summed E-state index contributed by atoms with van der Waals surface area (Å²) in [5, 5.41) is 5.20. The van der Waals surface area contributed by atoms with Crippen LogP contribution in [-0.4, -0.2) is 54.2 Å². The lowest BCUT2D eigenvalue weighted by atomic mass is 10.1. The van der Waals surface area contributed by atoms with Crippen molar-refractivity contribution in [2.75, 3.05) is 19.0 Å². The van der Waals surface area contributed by atoms with E-state index in [-0.39, 0.29) is 23.5 Å². The topological polar surface area (TPSA) is 122 Å². The van der Waals surface area contributed by atoms with E-state index in [0.717, 1.165) is 4.90 Å². The van der Waals surface area contributed by atoms with E-state index in [1.54, 1.807) is 37.3 Å². The SMILES string of the molecule is CC(CC(=O)OCC(=O)Nc1ccc2c(c1)C(=O)N(C)C2=O)NC(=O)c1ccccc1. The van der Waals surface area contributed by atoms with Crippen molar-refractivity contribution in [1.29, 1.82) is 0 Å². The van der Waals surface area contributed by atoms with E-state index in [0.29, 0.717) is 11.3 Å². The van der Waals surface area contributed by atoms with Gasteiger partial charge in [0, 0.05) is 24.3 Å². The Morgan fingerprint density at radius 1 is 1.00 bits per heavy atom. The molecule has 2 aromatic rings. The predicted molar refractivity (Wildman–Crippen MR) is 110 cm³/mol. The van der Waals surface area contributed by atoms with Gasteiger partial charge in [0.05, 0.1) is 17.5 Å². The van der Waals surface area contributed by atoms with Gasteiger partial charge in [-0.25, -0.2) is 0 Å². The minimum Gasteiger partial charge on any atom is -0.455 e. The number of esters is 1. The van der Waals surface area contributed by atoms with Crippen LogP contribution in [0.5, 0.6) is 0 Å². The summed E-state index contributed by atoms with van der Waals surface area (Å²) in [6.07, 6.45) is -0.104. The number of nitrogens with zero attached hydrogens (tertiary/aromatic N) is 1. The lowest BCUT2D eigenvalue weighted by molar-refractivity contribution is -0.147. The largest absolute Gasteiger partial charge is 0.455 e. The molecule has 1 atom stereocenters. The van der Waals surface area contributed by atoms with Crippen molar-refractivity contribution in [1.82, 2.24) is 10.2 Å². The fraction of sp³-hybridized carbons (Fsp3) is 0.227. The number of nitrogens with one attached hydrogen (secondary N) is 2. The first-order chi connectivity index (χ1) is 14.8. The van der Waals surface area contributed by atoms with Crippen LogP contribution < -0.4 is 10.6 Å². The second kappa shape index (κ2) is 9.21. The Balaban J connectivity index is 1.46. The number of benzene rings is 2. The van der Waals surface area contributed by atoms with Crippen LogP contribution in [0, 0.1) is 0 Å². The number of carbonyl (C=O) groups is 5. The first kappa shape index (κ1) is 21.7. The zero-order valence-corrected chi connectivity index (χ0v) is 17.0. The molecule has 9 heteroatoms. The second-order valence-corrected chi connectivity index (χ2v) is 7.08. The van der Waals surface area contributed by atoms with Crippen LogP contribution in [0.4, 0.5) is 5.69 Å². The van der Waals surface area contributed by atoms with E-state index in [2.05, 4.69) is 10.6 Å². The number of hydrogen-bond donors (Lipinski definition) is 2. The van der Waals surface area contributed by atoms with Crippen LogP contribution in [0.15, 0.2) is 48.5 Å². The van der Waals surface area contributed by atoms with Gasteiger partial charge in [0.25, 0.3) is 23.6 Å². The Kier molecular flexibility index (Phi) is 6.44. The minimum atomic E-state index is -0.646. The second-order valence-electron chi connectivity index (χ2n) is 7.08. The van der Waals surface area contributed by atoms with Crippen molar-refractivity contribution in [2.24, 2.45) is 0 Å². The molecule has 0 saturated carbocycles. The monoisotopic (exact) mass is 423 g/mol. The third kappa shape index (κ3) is 5.13. The average molecular weight is 423 g/mol. The zero-order chi connectivity index (χ0) is 22.5. The quantitative estimate of drug-likeness (QED) is 0.515. The Bertz CT molecular complexity index is 1050. The maximum atomic E-state index is 12.1. The normalized spacial score (nSPS) is 13.4. The van der Waals surface area contributed by atoms with Gasteiger partial charge in [-0.15, -0.1) is 0 Å². The number of fused-ring (bicyclic) bond motifs is 1. The Labute approximate surface area is 178 Å². The van der Waals surface area contributed by atoms with Gasteiger partial charge in [-0.2, -0.15) is 0 Å². The maximum absolute atomic E-state index is 12.1. The summed E-state index contributed by atoms with van der Waals surface area (Å²) in [6.45, 7) is 1.13. The molecule has 31 heavy (non-hydrogen) atoms. The fourth-order valence-corrected chi connectivity index (χ4v) is 3.04. The molecular weight excluding hydrogens is 402 g/mol. The molecule has 0 spiro atoms. The molecule has 3 rings (SSSR count). The predicted octanol–water partition coefficient (Wildman–Crippen LogP) is 1.60. The summed E-state index contributed by atoms with van der Waals surface area (Å²) in [4.78, 5) is 61.0. The lowest BCUT2D eigenvalue weighted by Gasteiger charge is -2.13. The van der Waals surface area contributed by atoms with Gasteiger partial charge in [-0.05, 0) is 37.3 Å². The average Bonchev–Trinajstić information content (AvgIpc) is 2.96. The number of hydrogen-bond acceptors (Lipinski definition) is 6. The van der Waals surface area contributed by atoms with Crippen molar-refractivity contribution in [2.45, 2.75) is 19.4 Å². The number of amides is 4. The van der Waals surface area contributed by atoms with Gasteiger partial charge < -0.3 is 15.4 Å². The van der Waals surface area contributed by atoms with E-state index in [1.165, 1.54) is 25.2 Å². The highest BCUT2D eigenvalue weighted by molar-refractivity contribution is 6.21. The number of imide groups is 1. The maximum Gasteiger partial charge on any atom is 0.308 e. The van der Waals surface area contributed by atoms with Gasteiger partial charge in [0.1, 0.15) is 0 Å². The molecule has 1 unspecified atom stereocenters. The molecule has 160 valence electrons. The van der Waals surface area contributed by atoms with Crippen molar-refractivity contribution in [3.05, 3.63) is 65.2 Å². The van der Waals surface area contributed by atoms with E-state index < -0.39 is 36.3 Å². The molecule has 2 aromatic carbocycles. The third-order valence-electron chi connectivity index (χ3n) is 4.62. The smallest absolute Gasteiger partial charge is 0.308 e. The Morgan fingerprint density at radius 3 is 2.39 bits per heavy atom. The first-order valence-electron chi connectivity index (χ1n) is 9.54. The van der Waals surface area contributed by atoms with E-state index in [1.807, 2.05) is 0 Å². The number of ether oxygens (including phenoxy) is 1. The molecule has 0 aromatic heterocycles. The first-order valence-corrected chi connectivity index (χ1v) is 9.54. The van der Waals surface area contributed by atoms with Gasteiger partial charge in [0.15, 0.2) is 6.61 Å². The fourth-order valence-electron chi connectivity index (χ4n) is 3.04. The van der Waals surface area contributed by atoms with Gasteiger partial charge in [0.2, 0.25) is 0 Å². The van der Waals surface area contributed by atoms with Gasteiger partial charge >= 0.3 is 5.97 Å². The zero-order valence-electron chi connectivity index (χ0n) is 17.0. The van der Waals surface area contributed by atoms with Crippen LogP contribution in [0.25, 0.3) is 0 Å². The van der Waals surface area contributed by atoms with Crippen molar-refractivity contribution in [3.8, 4) is 0 Å². The number of anilines is 1. The Hall–Kier alpha value is -4.01. The lowest BCUT2D eigenvalue weighted by Crippen LogP contribution is -2.35. The van der Waals surface area contributed by atoms with E-state index in [9.17, 15) is 24.0 Å². The highest BCUT2D eigenvalue weighted by atomic mass is 16.5. The van der Waals surface area contributed by atoms with Crippen LogP contribution in [0.1, 0.15) is 44.4 Å². The molecule has 2 N–H and O–H groups in total. The molecule has 9 nitrogen and oxygen atoms in total. The Morgan fingerprint density at radius 2 is 1.68 bits per heavy atom. The highest BCUT2D eigenvalue weighted by Crippen LogP contribution is 2.24. The molecular formula is C22H21N3O6. The number of carbonyl (C=O) groups excluding carboxylic acids is 5. The number of rotatable bonds is 7. The van der Waals surface area contributed by atoms with Crippen LogP contribution in [-0.2, 0) is 14.3 Å². The molecule has 1 heterocycles. The van der Waals surface area contributed by atoms with E-state index in [4.69, 9.17) is 4.74 Å². The summed E-state index contributed by atoms with van der Waals surface area (Å²) in [5.41, 5.74) is 1.25. The summed E-state index contributed by atoms with van der Waals surface area (Å²) in [6, 6.07) is 12.4. The van der Waals surface area contributed by atoms with E-state index >= 15 is 0 Å². The van der Waals surface area contributed by atoms with Crippen molar-refractivity contribution < 1.29 is 28.7 Å². The summed E-state index contributed by atoms with van der Waals surface area (Å²) in [5.74, 6) is -2.41. The molecule has 0 fully saturated rings. The highest BCUT2D eigenvalue weighted by Gasteiger charge is 2.32. The van der Waals surface area contributed by atoms with Crippen molar-refractivity contribution >= 4 is 35.3 Å². The van der Waals surface area contributed by atoms with Crippen LogP contribution in [0.2, 0.25) is 0 Å². The van der Waals surface area contributed by atoms with Crippen molar-refractivity contribution in [3.63, 3.8) is 0 Å². The summed E-state index contributed by atoms with van der Waals surface area (Å²) in [7, 11) is 1.38. The molecule has 0 radical (unpaired) electrons. The molecule has 1 aliphatic heterocycles. The van der Waals surface area contributed by atoms with Crippen LogP contribution in [0.3, 0.4) is 0 Å². The third-order valence-corrected chi connectivity index (χ3v) is 4.62. The van der Waals surface area contributed by atoms with Crippen LogP contribution >= 0.6 is 0 Å². The molecule has 0 aliphatic carbocycles. The van der Waals surface area contributed by atoms with Gasteiger partial charge in [-0.1, -0.05) is 18.2 Å².